The van der Waals surface area contributed by atoms with Crippen LogP contribution in [0.15, 0.2) is 0 Å². The van der Waals surface area contributed by atoms with Crippen LogP contribution in [-0.4, -0.2) is 53.8 Å². The molecule has 1 unspecified atom stereocenters. The fourth-order valence-corrected chi connectivity index (χ4v) is 2.22. The summed E-state index contributed by atoms with van der Waals surface area (Å²) < 4.78 is 0. The van der Waals surface area contributed by atoms with E-state index in [-0.39, 0.29) is 23.8 Å². The highest BCUT2D eigenvalue weighted by Gasteiger charge is 2.30. The van der Waals surface area contributed by atoms with Crippen molar-refractivity contribution in [2.75, 3.05) is 20.1 Å². The third-order valence-electron chi connectivity index (χ3n) is 3.76. The maximum absolute atomic E-state index is 12.2. The van der Waals surface area contributed by atoms with Crippen LogP contribution in [0.2, 0.25) is 0 Å². The van der Waals surface area contributed by atoms with Crippen LogP contribution < -0.4 is 5.73 Å². The van der Waals surface area contributed by atoms with E-state index >= 15 is 0 Å². The van der Waals surface area contributed by atoms with Crippen molar-refractivity contribution in [3.63, 3.8) is 0 Å². The number of piperidine rings is 1. The first-order valence-electron chi connectivity index (χ1n) is 6.62. The average Bonchev–Trinajstić information content (AvgIpc) is 2.35. The summed E-state index contributed by atoms with van der Waals surface area (Å²) >= 11 is 0. The van der Waals surface area contributed by atoms with Gasteiger partial charge in [-0.2, -0.15) is 0 Å². The largest absolute Gasteiger partial charge is 0.341 e. The minimum absolute atomic E-state index is 0.00616. The molecule has 0 aromatic heterocycles. The van der Waals surface area contributed by atoms with E-state index < -0.39 is 6.04 Å². The summed E-state index contributed by atoms with van der Waals surface area (Å²) in [6.45, 7) is 6.81. The normalized spacial score (nSPS) is 21.9. The SMILES string of the molecule is CC(=O)N(C)C1CCCN(C(=O)[C@@H](N)C(C)C)C1. The number of carbonyl (C=O) groups excluding carboxylic acids is 2. The third-order valence-corrected chi connectivity index (χ3v) is 3.76. The summed E-state index contributed by atoms with van der Waals surface area (Å²) in [7, 11) is 1.79. The van der Waals surface area contributed by atoms with Gasteiger partial charge in [0.1, 0.15) is 0 Å². The van der Waals surface area contributed by atoms with E-state index in [4.69, 9.17) is 5.73 Å². The van der Waals surface area contributed by atoms with Crippen LogP contribution >= 0.6 is 0 Å². The van der Waals surface area contributed by atoms with Crippen molar-refractivity contribution in [3.8, 4) is 0 Å². The molecule has 0 radical (unpaired) electrons. The molecule has 1 aliphatic heterocycles. The number of likely N-dealkylation sites (N-methyl/N-ethyl adjacent to an activating group) is 1. The topological polar surface area (TPSA) is 66.6 Å². The Morgan fingerprint density at radius 2 is 2.00 bits per heavy atom. The highest BCUT2D eigenvalue weighted by molar-refractivity contribution is 5.82. The molecule has 2 N–H and O–H groups in total. The van der Waals surface area contributed by atoms with Crippen LogP contribution in [0.1, 0.15) is 33.6 Å². The fraction of sp³-hybridized carbons (Fsp3) is 0.846. The number of rotatable bonds is 3. The summed E-state index contributed by atoms with van der Waals surface area (Å²) in [5, 5.41) is 0. The van der Waals surface area contributed by atoms with Crippen LogP contribution in [0.25, 0.3) is 0 Å². The molecule has 1 saturated heterocycles. The molecule has 1 heterocycles. The second kappa shape index (κ2) is 6.18. The molecule has 2 amide bonds. The van der Waals surface area contributed by atoms with Gasteiger partial charge in [-0.1, -0.05) is 13.8 Å². The lowest BCUT2D eigenvalue weighted by Gasteiger charge is -2.38. The van der Waals surface area contributed by atoms with Crippen LogP contribution in [0.5, 0.6) is 0 Å². The summed E-state index contributed by atoms with van der Waals surface area (Å²) in [4.78, 5) is 27.1. The van der Waals surface area contributed by atoms with Gasteiger partial charge in [-0.15, -0.1) is 0 Å². The molecule has 0 saturated carbocycles. The molecule has 0 bridgehead atoms. The zero-order valence-corrected chi connectivity index (χ0v) is 11.8. The molecule has 18 heavy (non-hydrogen) atoms. The highest BCUT2D eigenvalue weighted by Crippen LogP contribution is 2.16. The molecule has 0 aromatic rings. The van der Waals surface area contributed by atoms with E-state index in [9.17, 15) is 9.59 Å². The van der Waals surface area contributed by atoms with Gasteiger partial charge in [0, 0.05) is 33.1 Å². The first-order valence-corrected chi connectivity index (χ1v) is 6.62. The van der Waals surface area contributed by atoms with E-state index in [1.54, 1.807) is 23.8 Å². The maximum Gasteiger partial charge on any atom is 0.239 e. The van der Waals surface area contributed by atoms with Gasteiger partial charge in [-0.05, 0) is 18.8 Å². The lowest BCUT2D eigenvalue weighted by Crippen LogP contribution is -2.54. The van der Waals surface area contributed by atoms with Crippen molar-refractivity contribution >= 4 is 11.8 Å². The minimum atomic E-state index is -0.439. The Balaban J connectivity index is 2.64. The predicted molar refractivity (Wildman–Crippen MR) is 70.9 cm³/mol. The number of hydrogen-bond acceptors (Lipinski definition) is 3. The zero-order chi connectivity index (χ0) is 13.9. The number of amides is 2. The van der Waals surface area contributed by atoms with Crippen molar-refractivity contribution < 1.29 is 9.59 Å². The Kier molecular flexibility index (Phi) is 5.14. The van der Waals surface area contributed by atoms with Gasteiger partial charge in [-0.25, -0.2) is 0 Å². The summed E-state index contributed by atoms with van der Waals surface area (Å²) in [5.41, 5.74) is 5.90. The highest BCUT2D eigenvalue weighted by atomic mass is 16.2. The van der Waals surface area contributed by atoms with Gasteiger partial charge in [0.05, 0.1) is 6.04 Å². The lowest BCUT2D eigenvalue weighted by molar-refractivity contribution is -0.139. The Bertz CT molecular complexity index is 317. The Morgan fingerprint density at radius 1 is 1.39 bits per heavy atom. The molecule has 0 aliphatic carbocycles. The van der Waals surface area contributed by atoms with Crippen molar-refractivity contribution in [3.05, 3.63) is 0 Å². The third kappa shape index (κ3) is 3.45. The number of nitrogens with two attached hydrogens (primary N) is 1. The quantitative estimate of drug-likeness (QED) is 0.795. The molecule has 5 heteroatoms. The molecule has 0 aromatic carbocycles. The zero-order valence-electron chi connectivity index (χ0n) is 11.8. The Morgan fingerprint density at radius 3 is 2.50 bits per heavy atom. The maximum atomic E-state index is 12.2. The van der Waals surface area contributed by atoms with E-state index in [2.05, 4.69) is 0 Å². The van der Waals surface area contributed by atoms with Gasteiger partial charge < -0.3 is 15.5 Å². The first-order chi connectivity index (χ1) is 8.34. The van der Waals surface area contributed by atoms with Gasteiger partial charge in [0.15, 0.2) is 0 Å². The van der Waals surface area contributed by atoms with Crippen molar-refractivity contribution in [2.45, 2.75) is 45.7 Å². The van der Waals surface area contributed by atoms with Gasteiger partial charge in [-0.3, -0.25) is 9.59 Å². The van der Waals surface area contributed by atoms with Crippen LogP contribution in [-0.2, 0) is 9.59 Å². The standard InChI is InChI=1S/C13H25N3O2/c1-9(2)12(14)13(18)16-7-5-6-11(8-16)15(4)10(3)17/h9,11-12H,5-8,14H2,1-4H3/t11?,12-/m0/s1. The first kappa shape index (κ1) is 15.0. The second-order valence-corrected chi connectivity index (χ2v) is 5.48. The predicted octanol–water partition coefficient (Wildman–Crippen LogP) is 0.439. The van der Waals surface area contributed by atoms with Crippen LogP contribution in [0.4, 0.5) is 0 Å². The minimum Gasteiger partial charge on any atom is -0.341 e. The Hall–Kier alpha value is -1.10. The number of carbonyl (C=O) groups is 2. The molecule has 1 fully saturated rings. The summed E-state index contributed by atoms with van der Waals surface area (Å²) in [6.07, 6.45) is 1.88. The second-order valence-electron chi connectivity index (χ2n) is 5.48. The van der Waals surface area contributed by atoms with Crippen molar-refractivity contribution in [1.29, 1.82) is 0 Å². The molecule has 1 aliphatic rings. The molecule has 2 atom stereocenters. The average molecular weight is 255 g/mol. The van der Waals surface area contributed by atoms with Crippen molar-refractivity contribution in [1.82, 2.24) is 9.80 Å². The summed E-state index contributed by atoms with van der Waals surface area (Å²) in [6, 6.07) is -0.314. The van der Waals surface area contributed by atoms with E-state index in [0.29, 0.717) is 6.54 Å². The molecule has 0 spiro atoms. The number of nitrogens with zero attached hydrogens (tertiary/aromatic N) is 2. The fourth-order valence-electron chi connectivity index (χ4n) is 2.22. The number of likely N-dealkylation sites (tertiary alicyclic amines) is 1. The van der Waals surface area contributed by atoms with E-state index in [0.717, 1.165) is 19.4 Å². The molecule has 1 rings (SSSR count). The molecule has 5 nitrogen and oxygen atoms in total. The van der Waals surface area contributed by atoms with E-state index in [1.165, 1.54) is 0 Å². The molecule has 104 valence electrons. The van der Waals surface area contributed by atoms with E-state index in [1.807, 2.05) is 13.8 Å². The smallest absolute Gasteiger partial charge is 0.239 e. The van der Waals surface area contributed by atoms with Crippen LogP contribution in [0.3, 0.4) is 0 Å². The monoisotopic (exact) mass is 255 g/mol. The molecular formula is C13H25N3O2. The van der Waals surface area contributed by atoms with Gasteiger partial charge >= 0.3 is 0 Å². The lowest BCUT2D eigenvalue weighted by atomic mass is 10.00. The van der Waals surface area contributed by atoms with Crippen LogP contribution in [0, 0.1) is 5.92 Å². The van der Waals surface area contributed by atoms with Gasteiger partial charge in [0.25, 0.3) is 0 Å². The molecular weight excluding hydrogens is 230 g/mol. The number of hydrogen-bond donors (Lipinski definition) is 1. The summed E-state index contributed by atoms with van der Waals surface area (Å²) in [5.74, 6) is 0.192. The van der Waals surface area contributed by atoms with Crippen molar-refractivity contribution in [2.24, 2.45) is 11.7 Å². The Labute approximate surface area is 109 Å². The van der Waals surface area contributed by atoms with Gasteiger partial charge in [0.2, 0.25) is 11.8 Å².